The Morgan fingerprint density at radius 3 is 2.71 bits per heavy atom. The molecule has 0 saturated heterocycles. The molecule has 0 saturated carbocycles. The molecular formula is C21H24N2O. The molecular weight excluding hydrogens is 296 g/mol. The number of H-pyrrole nitrogens is 1. The first-order valence-electron chi connectivity index (χ1n) is 8.67. The summed E-state index contributed by atoms with van der Waals surface area (Å²) in [5.74, 6) is 0.303. The first-order valence-corrected chi connectivity index (χ1v) is 8.67. The number of aromatic nitrogens is 2. The highest BCUT2D eigenvalue weighted by molar-refractivity contribution is 6.01. The van der Waals surface area contributed by atoms with Crippen LogP contribution in [0.2, 0.25) is 0 Å². The van der Waals surface area contributed by atoms with E-state index in [-0.39, 0.29) is 5.41 Å². The van der Waals surface area contributed by atoms with Crippen molar-refractivity contribution in [3.8, 4) is 0 Å². The molecule has 0 radical (unpaired) electrons. The number of nitrogens with zero attached hydrogens (tertiary/aromatic N) is 1. The number of hydrogen-bond acceptors (Lipinski definition) is 2. The second-order valence-corrected chi connectivity index (χ2v) is 8.35. The number of hydrogen-bond donors (Lipinski definition) is 1. The lowest BCUT2D eigenvalue weighted by atomic mass is 9.59. The summed E-state index contributed by atoms with van der Waals surface area (Å²) in [5.41, 5.74) is 6.65. The largest absolute Gasteiger partial charge is 0.294 e. The maximum Gasteiger partial charge on any atom is 0.160 e. The van der Waals surface area contributed by atoms with E-state index in [9.17, 15) is 4.79 Å². The predicted molar refractivity (Wildman–Crippen MR) is 95.0 cm³/mol. The Bertz CT molecular complexity index is 871. The van der Waals surface area contributed by atoms with Crippen molar-refractivity contribution < 1.29 is 4.79 Å². The Morgan fingerprint density at radius 1 is 1.17 bits per heavy atom. The van der Waals surface area contributed by atoms with Crippen molar-refractivity contribution >= 4 is 5.78 Å². The van der Waals surface area contributed by atoms with Crippen LogP contribution in [-0.2, 0) is 16.6 Å². The van der Waals surface area contributed by atoms with Crippen LogP contribution in [0.4, 0.5) is 0 Å². The molecule has 0 bridgehead atoms. The van der Waals surface area contributed by atoms with Crippen LogP contribution in [0, 0.1) is 12.3 Å². The molecule has 0 aliphatic heterocycles. The van der Waals surface area contributed by atoms with Gasteiger partial charge in [-0.1, -0.05) is 49.2 Å². The van der Waals surface area contributed by atoms with Crippen molar-refractivity contribution in [2.45, 2.75) is 52.4 Å². The summed E-state index contributed by atoms with van der Waals surface area (Å²) in [6.45, 7) is 8.69. The van der Waals surface area contributed by atoms with Crippen LogP contribution in [0.15, 0.2) is 41.6 Å². The number of aromatic amines is 1. The number of aryl methyl sites for hydroxylation is 1. The zero-order valence-corrected chi connectivity index (χ0v) is 14.9. The lowest BCUT2D eigenvalue weighted by molar-refractivity contribution is -0.118. The monoisotopic (exact) mass is 320 g/mol. The molecule has 1 unspecified atom stereocenters. The van der Waals surface area contributed by atoms with Gasteiger partial charge in [0.15, 0.2) is 5.78 Å². The predicted octanol–water partition coefficient (Wildman–Crippen LogP) is 4.27. The molecule has 1 aromatic carbocycles. The molecule has 3 nitrogen and oxygen atoms in total. The number of carbonyl (C=O) groups is 1. The third-order valence-corrected chi connectivity index (χ3v) is 5.71. The molecule has 0 spiro atoms. The van der Waals surface area contributed by atoms with Gasteiger partial charge >= 0.3 is 0 Å². The molecule has 1 N–H and O–H groups in total. The summed E-state index contributed by atoms with van der Waals surface area (Å²) in [6.07, 6.45) is 4.34. The van der Waals surface area contributed by atoms with Crippen molar-refractivity contribution in [2.24, 2.45) is 5.41 Å². The van der Waals surface area contributed by atoms with Crippen LogP contribution in [-0.4, -0.2) is 16.0 Å². The maximum atomic E-state index is 13.2. The molecule has 4 rings (SSSR count). The van der Waals surface area contributed by atoms with Crippen molar-refractivity contribution in [2.75, 3.05) is 0 Å². The highest BCUT2D eigenvalue weighted by atomic mass is 16.1. The number of allylic oxidation sites excluding steroid dienone is 2. The third kappa shape index (κ3) is 2.10. The minimum absolute atomic E-state index is 0.0426. The van der Waals surface area contributed by atoms with Gasteiger partial charge < -0.3 is 0 Å². The summed E-state index contributed by atoms with van der Waals surface area (Å²) in [5, 5.41) is 7.48. The fraction of sp³-hybridized carbons (Fsp3) is 0.429. The summed E-state index contributed by atoms with van der Waals surface area (Å²) < 4.78 is 0. The molecule has 2 aliphatic carbocycles. The van der Waals surface area contributed by atoms with Gasteiger partial charge in [0.25, 0.3) is 0 Å². The summed E-state index contributed by atoms with van der Waals surface area (Å²) in [4.78, 5) is 13.2. The summed E-state index contributed by atoms with van der Waals surface area (Å²) >= 11 is 0. The Labute approximate surface area is 143 Å². The summed E-state index contributed by atoms with van der Waals surface area (Å²) in [6, 6.07) is 8.54. The van der Waals surface area contributed by atoms with Crippen molar-refractivity contribution in [1.82, 2.24) is 10.2 Å². The molecule has 2 aromatic rings. The Morgan fingerprint density at radius 2 is 1.96 bits per heavy atom. The van der Waals surface area contributed by atoms with E-state index in [1.165, 1.54) is 16.7 Å². The van der Waals surface area contributed by atoms with Gasteiger partial charge in [0.1, 0.15) is 0 Å². The smallest absolute Gasteiger partial charge is 0.160 e. The number of ketones is 1. The average Bonchev–Trinajstić information content (AvgIpc) is 2.94. The SMILES string of the molecule is Cc1cccc(C2(C)C3=C(Cc4[nH]ncc42)CC(C)(C)CC3=O)c1. The number of nitrogens with one attached hydrogen (secondary N) is 1. The second kappa shape index (κ2) is 4.92. The minimum atomic E-state index is -0.407. The first-order chi connectivity index (χ1) is 11.3. The van der Waals surface area contributed by atoms with E-state index in [0.29, 0.717) is 12.2 Å². The van der Waals surface area contributed by atoms with Gasteiger partial charge in [0.05, 0.1) is 6.20 Å². The van der Waals surface area contributed by atoms with Crippen LogP contribution in [0.1, 0.15) is 56.0 Å². The van der Waals surface area contributed by atoms with Gasteiger partial charge in [-0.25, -0.2) is 0 Å². The number of Topliss-reactive ketones (excluding diaryl/α,β-unsaturated/α-hetero) is 1. The van der Waals surface area contributed by atoms with Crippen LogP contribution in [0.25, 0.3) is 0 Å². The molecule has 1 heterocycles. The van der Waals surface area contributed by atoms with Gasteiger partial charge in [0, 0.05) is 35.1 Å². The Kier molecular flexibility index (Phi) is 3.15. The standard InChI is InChI=1S/C21H24N2O/c1-13-6-5-7-15(8-13)21(4)16-12-22-23-17(16)9-14-10-20(2,3)11-18(24)19(14)21/h5-8,12H,9-11H2,1-4H3,(H,22,23). The fourth-order valence-electron chi connectivity index (χ4n) is 4.71. The first kappa shape index (κ1) is 15.4. The Balaban J connectivity index is 2.00. The minimum Gasteiger partial charge on any atom is -0.294 e. The molecule has 0 amide bonds. The molecule has 2 aliphatic rings. The number of rotatable bonds is 1. The molecule has 1 atom stereocenters. The van der Waals surface area contributed by atoms with E-state index in [0.717, 1.165) is 29.7 Å². The second-order valence-electron chi connectivity index (χ2n) is 8.35. The Hall–Kier alpha value is -2.16. The zero-order chi connectivity index (χ0) is 17.1. The topological polar surface area (TPSA) is 45.8 Å². The van der Waals surface area contributed by atoms with Gasteiger partial charge in [0.2, 0.25) is 0 Å². The van der Waals surface area contributed by atoms with Gasteiger partial charge in [-0.3, -0.25) is 9.89 Å². The van der Waals surface area contributed by atoms with Gasteiger partial charge in [-0.05, 0) is 31.2 Å². The van der Waals surface area contributed by atoms with E-state index >= 15 is 0 Å². The molecule has 124 valence electrons. The van der Waals surface area contributed by atoms with E-state index in [1.54, 1.807) is 0 Å². The van der Waals surface area contributed by atoms with E-state index in [2.05, 4.69) is 62.2 Å². The molecule has 24 heavy (non-hydrogen) atoms. The van der Waals surface area contributed by atoms with E-state index < -0.39 is 5.41 Å². The quantitative estimate of drug-likeness (QED) is 0.853. The van der Waals surface area contributed by atoms with Crippen molar-refractivity contribution in [3.63, 3.8) is 0 Å². The van der Waals surface area contributed by atoms with Crippen molar-refractivity contribution in [1.29, 1.82) is 0 Å². The maximum absolute atomic E-state index is 13.2. The van der Waals surface area contributed by atoms with Gasteiger partial charge in [-0.2, -0.15) is 5.10 Å². The highest BCUT2D eigenvalue weighted by Gasteiger charge is 2.47. The molecule has 0 fully saturated rings. The summed E-state index contributed by atoms with van der Waals surface area (Å²) in [7, 11) is 0. The zero-order valence-electron chi connectivity index (χ0n) is 14.9. The van der Waals surface area contributed by atoms with Gasteiger partial charge in [-0.15, -0.1) is 0 Å². The van der Waals surface area contributed by atoms with Crippen LogP contribution in [0.5, 0.6) is 0 Å². The van der Waals surface area contributed by atoms with Crippen LogP contribution in [0.3, 0.4) is 0 Å². The lowest BCUT2D eigenvalue weighted by Gasteiger charge is -2.43. The molecule has 1 aromatic heterocycles. The number of carbonyl (C=O) groups excluding carboxylic acids is 1. The lowest BCUT2D eigenvalue weighted by Crippen LogP contribution is -2.40. The van der Waals surface area contributed by atoms with Crippen LogP contribution < -0.4 is 0 Å². The number of fused-ring (bicyclic) bond motifs is 1. The van der Waals surface area contributed by atoms with Crippen LogP contribution >= 0.6 is 0 Å². The van der Waals surface area contributed by atoms with E-state index in [4.69, 9.17) is 0 Å². The average molecular weight is 320 g/mol. The van der Waals surface area contributed by atoms with E-state index in [1.807, 2.05) is 6.20 Å². The third-order valence-electron chi connectivity index (χ3n) is 5.71. The van der Waals surface area contributed by atoms with Crippen molar-refractivity contribution in [3.05, 3.63) is 64.0 Å². The highest BCUT2D eigenvalue weighted by Crippen LogP contribution is 2.51. The fourth-order valence-corrected chi connectivity index (χ4v) is 4.71. The normalized spacial score (nSPS) is 25.4. The number of benzene rings is 1. The molecule has 3 heteroatoms.